The number of hydrogen-bond donors (Lipinski definition) is 2. The first-order chi connectivity index (χ1) is 7.68. The van der Waals surface area contributed by atoms with E-state index in [0.717, 1.165) is 17.9 Å². The molecule has 0 aromatic carbocycles. The molecule has 3 unspecified atom stereocenters. The smallest absolute Gasteiger partial charge is 0.0646 e. The Balaban J connectivity index is 1.87. The highest BCUT2D eigenvalue weighted by Crippen LogP contribution is 2.22. The number of thioether (sulfide) groups is 1. The number of hydrogen-bond acceptors (Lipinski definition) is 6. The fraction of sp³-hybridized carbons (Fsp3) is 1.00. The second kappa shape index (κ2) is 5.66. The minimum atomic E-state index is 0.00194. The lowest BCUT2D eigenvalue weighted by Crippen LogP contribution is -2.52. The van der Waals surface area contributed by atoms with Crippen LogP contribution in [-0.2, 0) is 4.74 Å². The Morgan fingerprint density at radius 1 is 1.31 bits per heavy atom. The molecule has 6 heteroatoms. The number of rotatable bonds is 2. The molecule has 2 aliphatic rings. The van der Waals surface area contributed by atoms with E-state index in [1.54, 1.807) is 0 Å². The van der Waals surface area contributed by atoms with Crippen LogP contribution in [0.4, 0.5) is 0 Å². The molecule has 0 bridgehead atoms. The van der Waals surface area contributed by atoms with E-state index < -0.39 is 0 Å². The normalized spacial score (nSPS) is 38.8. The highest BCUT2D eigenvalue weighted by atomic mass is 32.2. The summed E-state index contributed by atoms with van der Waals surface area (Å²) in [5, 5.41) is 22.4. The molecular formula is C10H20N2O3S. The minimum absolute atomic E-state index is 0.00194. The van der Waals surface area contributed by atoms with Crippen LogP contribution in [0.5, 0.6) is 0 Å². The standard InChI is InChI=1S/C10H20N2O3S/c1-8-5-15-6-9(12(8)14)4-10-7-16-3-2-11(10)13/h8-10,13-14H,2-7H2,1H3. The first kappa shape index (κ1) is 12.6. The lowest BCUT2D eigenvalue weighted by atomic mass is 10.1. The zero-order valence-electron chi connectivity index (χ0n) is 9.58. The number of morpholine rings is 1. The summed E-state index contributed by atoms with van der Waals surface area (Å²) in [6.07, 6.45) is 0.754. The van der Waals surface area contributed by atoms with E-state index in [4.69, 9.17) is 4.74 Å². The zero-order valence-corrected chi connectivity index (χ0v) is 10.4. The molecule has 16 heavy (non-hydrogen) atoms. The summed E-state index contributed by atoms with van der Waals surface area (Å²) in [5.74, 6) is 1.91. The second-order valence-electron chi connectivity index (χ2n) is 4.55. The molecule has 94 valence electrons. The molecule has 2 N–H and O–H groups in total. The average Bonchev–Trinajstić information content (AvgIpc) is 2.28. The van der Waals surface area contributed by atoms with Crippen LogP contribution in [0, 0.1) is 0 Å². The number of nitrogens with zero attached hydrogens (tertiary/aromatic N) is 2. The Morgan fingerprint density at radius 2 is 2.12 bits per heavy atom. The van der Waals surface area contributed by atoms with Crippen LogP contribution in [0.2, 0.25) is 0 Å². The van der Waals surface area contributed by atoms with Crippen LogP contribution in [-0.4, -0.2) is 69.9 Å². The summed E-state index contributed by atoms with van der Waals surface area (Å²) in [5.41, 5.74) is 0. The van der Waals surface area contributed by atoms with Crippen LogP contribution in [0.25, 0.3) is 0 Å². The van der Waals surface area contributed by atoms with Crippen molar-refractivity contribution in [1.82, 2.24) is 10.1 Å². The number of hydroxylamine groups is 4. The van der Waals surface area contributed by atoms with E-state index >= 15 is 0 Å². The Bertz CT molecular complexity index is 232. The van der Waals surface area contributed by atoms with E-state index in [1.807, 2.05) is 18.7 Å². The van der Waals surface area contributed by atoms with Gasteiger partial charge in [0.25, 0.3) is 0 Å². The van der Waals surface area contributed by atoms with Crippen LogP contribution in [0.1, 0.15) is 13.3 Å². The zero-order chi connectivity index (χ0) is 11.5. The molecule has 0 aliphatic carbocycles. The summed E-state index contributed by atoms with van der Waals surface area (Å²) in [4.78, 5) is 0. The molecule has 2 saturated heterocycles. The number of ether oxygens (including phenoxy) is 1. The molecule has 2 rings (SSSR count). The molecular weight excluding hydrogens is 228 g/mol. The van der Waals surface area contributed by atoms with Crippen molar-refractivity contribution in [3.8, 4) is 0 Å². The van der Waals surface area contributed by atoms with Crippen molar-refractivity contribution in [2.24, 2.45) is 0 Å². The third-order valence-corrected chi connectivity index (χ3v) is 4.33. The summed E-state index contributed by atoms with van der Waals surface area (Å²) in [7, 11) is 0. The highest BCUT2D eigenvalue weighted by molar-refractivity contribution is 7.99. The summed E-state index contributed by atoms with van der Waals surface area (Å²) >= 11 is 1.85. The first-order valence-electron chi connectivity index (χ1n) is 5.76. The summed E-state index contributed by atoms with van der Waals surface area (Å²) in [6, 6.07) is 0.177. The van der Waals surface area contributed by atoms with Crippen molar-refractivity contribution in [3.05, 3.63) is 0 Å². The minimum Gasteiger partial charge on any atom is -0.378 e. The van der Waals surface area contributed by atoms with Gasteiger partial charge in [0, 0.05) is 24.1 Å². The van der Waals surface area contributed by atoms with Gasteiger partial charge in [0.05, 0.1) is 25.3 Å². The Kier molecular flexibility index (Phi) is 4.46. The lowest BCUT2D eigenvalue weighted by Gasteiger charge is -2.39. The highest BCUT2D eigenvalue weighted by Gasteiger charge is 2.32. The topological polar surface area (TPSA) is 56.2 Å². The van der Waals surface area contributed by atoms with Gasteiger partial charge in [-0.15, -0.1) is 0 Å². The fourth-order valence-electron chi connectivity index (χ4n) is 2.21. The molecule has 0 aromatic rings. The molecule has 0 spiro atoms. The van der Waals surface area contributed by atoms with Crippen LogP contribution in [0.3, 0.4) is 0 Å². The van der Waals surface area contributed by atoms with Gasteiger partial charge in [0.1, 0.15) is 0 Å². The van der Waals surface area contributed by atoms with Crippen molar-refractivity contribution in [2.45, 2.75) is 31.5 Å². The van der Waals surface area contributed by atoms with Crippen molar-refractivity contribution in [1.29, 1.82) is 0 Å². The quantitative estimate of drug-likeness (QED) is 0.749. The van der Waals surface area contributed by atoms with Gasteiger partial charge in [0.15, 0.2) is 0 Å². The Hall–Kier alpha value is 0.150. The van der Waals surface area contributed by atoms with Crippen LogP contribution < -0.4 is 0 Å². The lowest BCUT2D eigenvalue weighted by molar-refractivity contribution is -0.221. The van der Waals surface area contributed by atoms with Gasteiger partial charge in [-0.05, 0) is 13.3 Å². The van der Waals surface area contributed by atoms with Gasteiger partial charge in [-0.1, -0.05) is 0 Å². The average molecular weight is 248 g/mol. The van der Waals surface area contributed by atoms with Gasteiger partial charge in [0.2, 0.25) is 0 Å². The maximum absolute atomic E-state index is 9.90. The molecule has 5 nitrogen and oxygen atoms in total. The summed E-state index contributed by atoms with van der Waals surface area (Å²) < 4.78 is 5.43. The van der Waals surface area contributed by atoms with E-state index in [0.29, 0.717) is 19.8 Å². The van der Waals surface area contributed by atoms with Crippen molar-refractivity contribution in [3.63, 3.8) is 0 Å². The van der Waals surface area contributed by atoms with Crippen LogP contribution in [0.15, 0.2) is 0 Å². The third kappa shape index (κ3) is 2.88. The maximum Gasteiger partial charge on any atom is 0.0646 e. The molecule has 2 fully saturated rings. The molecule has 2 aliphatic heterocycles. The van der Waals surface area contributed by atoms with Gasteiger partial charge < -0.3 is 15.2 Å². The molecule has 0 amide bonds. The van der Waals surface area contributed by atoms with Gasteiger partial charge in [-0.3, -0.25) is 0 Å². The van der Waals surface area contributed by atoms with Crippen molar-refractivity contribution in [2.75, 3.05) is 31.3 Å². The SMILES string of the molecule is CC1COCC(CC2CSCCN2O)N1O. The van der Waals surface area contributed by atoms with E-state index in [2.05, 4.69) is 0 Å². The van der Waals surface area contributed by atoms with Crippen molar-refractivity contribution >= 4 is 11.8 Å². The predicted molar refractivity (Wildman–Crippen MR) is 61.9 cm³/mol. The van der Waals surface area contributed by atoms with Gasteiger partial charge in [-0.25, -0.2) is 0 Å². The van der Waals surface area contributed by atoms with E-state index in [9.17, 15) is 10.4 Å². The molecule has 2 heterocycles. The monoisotopic (exact) mass is 248 g/mol. The predicted octanol–water partition coefficient (Wildman–Crippen LogP) is 0.662. The van der Waals surface area contributed by atoms with E-state index in [1.165, 1.54) is 10.1 Å². The van der Waals surface area contributed by atoms with Gasteiger partial charge in [-0.2, -0.15) is 21.9 Å². The van der Waals surface area contributed by atoms with Crippen molar-refractivity contribution < 1.29 is 15.2 Å². The van der Waals surface area contributed by atoms with E-state index in [-0.39, 0.29) is 18.1 Å². The Labute approximate surface area is 100 Å². The Morgan fingerprint density at radius 3 is 2.88 bits per heavy atom. The molecule has 0 radical (unpaired) electrons. The molecule has 0 aromatic heterocycles. The van der Waals surface area contributed by atoms with Crippen LogP contribution >= 0.6 is 11.8 Å². The summed E-state index contributed by atoms with van der Waals surface area (Å²) in [6.45, 7) is 3.79. The second-order valence-corrected chi connectivity index (χ2v) is 5.70. The first-order valence-corrected chi connectivity index (χ1v) is 6.92. The maximum atomic E-state index is 9.90. The molecule has 3 atom stereocenters. The molecule has 0 saturated carbocycles. The van der Waals surface area contributed by atoms with Gasteiger partial charge >= 0.3 is 0 Å². The third-order valence-electron chi connectivity index (χ3n) is 3.24. The largest absolute Gasteiger partial charge is 0.378 e. The fourth-order valence-corrected chi connectivity index (χ4v) is 3.28.